The molecule has 5 aliphatic carbocycles. The van der Waals surface area contributed by atoms with E-state index in [1.165, 1.54) is 32.4 Å². The molecule has 0 bridgehead atoms. The molecular formula is C39H64N2O6. The summed E-state index contributed by atoms with van der Waals surface area (Å²) in [7, 11) is 0. The maximum Gasteiger partial charge on any atom is 0.410 e. The lowest BCUT2D eigenvalue weighted by atomic mass is 9.41. The topological polar surface area (TPSA) is 91.7 Å². The summed E-state index contributed by atoms with van der Waals surface area (Å²) >= 11 is 0. The van der Waals surface area contributed by atoms with Crippen LogP contribution in [-0.2, 0) is 14.2 Å². The smallest absolute Gasteiger partial charge is 0.410 e. The van der Waals surface area contributed by atoms with Crippen molar-refractivity contribution in [2.75, 3.05) is 32.8 Å². The van der Waals surface area contributed by atoms with E-state index in [4.69, 9.17) is 14.2 Å². The second-order valence-corrected chi connectivity index (χ2v) is 19.4. The van der Waals surface area contributed by atoms with Gasteiger partial charge in [-0.2, -0.15) is 0 Å². The number of fused-ring (bicyclic) bond motifs is 4. The van der Waals surface area contributed by atoms with E-state index in [1.54, 1.807) is 0 Å². The monoisotopic (exact) mass is 656 g/mol. The summed E-state index contributed by atoms with van der Waals surface area (Å²) < 4.78 is 19.5. The Morgan fingerprint density at radius 1 is 1.02 bits per heavy atom. The molecule has 2 N–H and O–H groups in total. The van der Waals surface area contributed by atoms with Crippen molar-refractivity contribution in [3.63, 3.8) is 0 Å². The van der Waals surface area contributed by atoms with E-state index in [2.05, 4.69) is 39.5 Å². The average Bonchev–Trinajstić information content (AvgIpc) is 3.58. The van der Waals surface area contributed by atoms with Crippen LogP contribution >= 0.6 is 0 Å². The summed E-state index contributed by atoms with van der Waals surface area (Å²) in [5.41, 5.74) is -0.772. The highest BCUT2D eigenvalue weighted by atomic mass is 16.6. The lowest BCUT2D eigenvalue weighted by molar-refractivity contribution is -0.215. The number of aliphatic hydroxyl groups excluding tert-OH is 1. The zero-order valence-corrected chi connectivity index (χ0v) is 30.6. The summed E-state index contributed by atoms with van der Waals surface area (Å²) in [4.78, 5) is 17.7. The fourth-order valence-corrected chi connectivity index (χ4v) is 14.4. The molecule has 2 spiro atoms. The van der Waals surface area contributed by atoms with Crippen LogP contribution in [0.25, 0.3) is 0 Å². The van der Waals surface area contributed by atoms with Crippen LogP contribution in [0.4, 0.5) is 4.79 Å². The molecule has 0 aromatic heterocycles. The number of carbonyl (C=O) groups is 1. The van der Waals surface area contributed by atoms with E-state index < -0.39 is 17.8 Å². The van der Waals surface area contributed by atoms with E-state index in [9.17, 15) is 15.0 Å². The molecule has 266 valence electrons. The number of carbonyl (C=O) groups excluding carboxylic acids is 1. The molecule has 47 heavy (non-hydrogen) atoms. The van der Waals surface area contributed by atoms with Gasteiger partial charge in [0.05, 0.1) is 23.9 Å². The van der Waals surface area contributed by atoms with Gasteiger partial charge in [-0.25, -0.2) is 4.79 Å². The van der Waals surface area contributed by atoms with Crippen LogP contribution in [0.5, 0.6) is 0 Å². The summed E-state index contributed by atoms with van der Waals surface area (Å²) in [5.74, 6) is 1.67. The minimum absolute atomic E-state index is 0.00275. The maximum atomic E-state index is 13.3. The van der Waals surface area contributed by atoms with Crippen LogP contribution in [-0.4, -0.2) is 101 Å². The van der Waals surface area contributed by atoms with E-state index in [0.717, 1.165) is 51.6 Å². The Bertz CT molecular complexity index is 1260. The largest absolute Gasteiger partial charge is 0.446 e. The van der Waals surface area contributed by atoms with Gasteiger partial charge in [0.15, 0.2) is 0 Å². The summed E-state index contributed by atoms with van der Waals surface area (Å²) in [6.07, 6.45) is 8.57. The Labute approximate surface area is 283 Å². The fourth-order valence-electron chi connectivity index (χ4n) is 14.4. The number of nitrogens with zero attached hydrogens (tertiary/aromatic N) is 2. The SMILES string of the molecule is CCO[C@@H](C1C[C@@H](C)[C@H]2C(O1)[C@H](O)[C@@]1(C)C3CC[C@H]4C(C)(C)[C@@H](OC(=O)N5CC(N6CCC6)C5)CC[C@@]45C[C@@]35CC[C@]21C)C(C)(C)O. The van der Waals surface area contributed by atoms with E-state index in [1.807, 2.05) is 25.7 Å². The van der Waals surface area contributed by atoms with E-state index in [-0.39, 0.29) is 51.5 Å². The molecule has 0 aromatic carbocycles. The number of amides is 1. The third-order valence-corrected chi connectivity index (χ3v) is 16.9. The highest BCUT2D eigenvalue weighted by Gasteiger charge is 2.85. The summed E-state index contributed by atoms with van der Waals surface area (Å²) in [6.45, 7) is 22.2. The quantitative estimate of drug-likeness (QED) is 0.370. The number of rotatable bonds is 6. The lowest BCUT2D eigenvalue weighted by Crippen LogP contribution is -2.64. The van der Waals surface area contributed by atoms with E-state index >= 15 is 0 Å². The first-order valence-electron chi connectivity index (χ1n) is 19.4. The number of aliphatic hydroxyl groups is 2. The van der Waals surface area contributed by atoms with Crippen molar-refractivity contribution >= 4 is 6.09 Å². The first-order valence-corrected chi connectivity index (χ1v) is 19.4. The highest BCUT2D eigenvalue weighted by molar-refractivity contribution is 5.69. The Balaban J connectivity index is 1.01. The number of likely N-dealkylation sites (tertiary alicyclic amines) is 2. The number of hydrogen-bond acceptors (Lipinski definition) is 7. The predicted molar refractivity (Wildman–Crippen MR) is 180 cm³/mol. The third kappa shape index (κ3) is 4.26. The van der Waals surface area contributed by atoms with Crippen molar-refractivity contribution in [1.29, 1.82) is 0 Å². The molecule has 8 heteroatoms. The lowest BCUT2D eigenvalue weighted by Gasteiger charge is -2.63. The summed E-state index contributed by atoms with van der Waals surface area (Å²) in [5, 5.41) is 23.6. The average molecular weight is 657 g/mol. The first kappa shape index (κ1) is 33.2. The molecule has 3 heterocycles. The van der Waals surface area contributed by atoms with Gasteiger partial charge in [-0.05, 0) is 132 Å². The van der Waals surface area contributed by atoms with Gasteiger partial charge in [0.2, 0.25) is 0 Å². The zero-order chi connectivity index (χ0) is 33.5. The first-order chi connectivity index (χ1) is 22.0. The molecule has 13 atom stereocenters. The van der Waals surface area contributed by atoms with Gasteiger partial charge in [-0.1, -0.05) is 34.6 Å². The maximum absolute atomic E-state index is 13.3. The van der Waals surface area contributed by atoms with Crippen LogP contribution in [0.2, 0.25) is 0 Å². The molecule has 8 aliphatic rings. The predicted octanol–water partition coefficient (Wildman–Crippen LogP) is 5.87. The molecule has 3 aliphatic heterocycles. The zero-order valence-electron chi connectivity index (χ0n) is 30.6. The van der Waals surface area contributed by atoms with Crippen LogP contribution in [0.3, 0.4) is 0 Å². The van der Waals surface area contributed by atoms with Gasteiger partial charge in [0.1, 0.15) is 12.2 Å². The Morgan fingerprint density at radius 2 is 1.70 bits per heavy atom. The van der Waals surface area contributed by atoms with E-state index in [0.29, 0.717) is 36.3 Å². The second kappa shape index (κ2) is 10.6. The molecule has 8 rings (SSSR count). The van der Waals surface area contributed by atoms with Crippen molar-refractivity contribution in [3.05, 3.63) is 0 Å². The second-order valence-electron chi connectivity index (χ2n) is 19.4. The van der Waals surface area contributed by atoms with Crippen LogP contribution in [0, 0.1) is 50.7 Å². The molecule has 3 unspecified atom stereocenters. The Kier molecular flexibility index (Phi) is 7.46. The van der Waals surface area contributed by atoms with Gasteiger partial charge < -0.3 is 29.3 Å². The highest BCUT2D eigenvalue weighted by Crippen LogP contribution is 2.89. The number of ether oxygens (including phenoxy) is 3. The van der Waals surface area contributed by atoms with Crippen molar-refractivity contribution < 1.29 is 29.2 Å². The molecule has 3 saturated heterocycles. The Hall–Kier alpha value is -0.930. The van der Waals surface area contributed by atoms with Crippen LogP contribution in [0.1, 0.15) is 113 Å². The molecular weight excluding hydrogens is 592 g/mol. The summed E-state index contributed by atoms with van der Waals surface area (Å²) in [6, 6.07) is 0.528. The van der Waals surface area contributed by atoms with Crippen molar-refractivity contribution in [3.8, 4) is 0 Å². The fraction of sp³-hybridized carbons (Fsp3) is 0.974. The molecule has 1 amide bonds. The molecule has 0 radical (unpaired) electrons. The molecule has 5 saturated carbocycles. The third-order valence-electron chi connectivity index (χ3n) is 16.9. The van der Waals surface area contributed by atoms with Gasteiger partial charge >= 0.3 is 6.09 Å². The normalized spacial score (nSPS) is 50.9. The molecule has 0 aromatic rings. The van der Waals surface area contributed by atoms with Crippen LogP contribution < -0.4 is 0 Å². The van der Waals surface area contributed by atoms with Crippen molar-refractivity contribution in [2.45, 2.75) is 155 Å². The standard InChI is InChI=1S/C39H64N2O6/c1-9-45-32(35(5,6)44)25-19-23(2)29-30(46-25)31(42)37(8)27-12-11-26-34(3,4)28(47-33(43)41-20-24(21-41)40-17-10-18-40)13-14-38(26)22-39(27,38)16-15-36(29,37)7/h23-32,42,44H,9-22H2,1-8H3/t23-,25?,26+,27?,28+,29+,30?,31+,32+,36-,37-,38-,39+/m1/s1. The van der Waals surface area contributed by atoms with Gasteiger partial charge in [-0.15, -0.1) is 0 Å². The van der Waals surface area contributed by atoms with Crippen molar-refractivity contribution in [1.82, 2.24) is 9.80 Å². The number of hydrogen-bond donors (Lipinski definition) is 2. The van der Waals surface area contributed by atoms with Gasteiger partial charge in [0.25, 0.3) is 0 Å². The minimum Gasteiger partial charge on any atom is -0.446 e. The molecule has 8 nitrogen and oxygen atoms in total. The minimum atomic E-state index is -1.02. The van der Waals surface area contributed by atoms with Crippen LogP contribution in [0.15, 0.2) is 0 Å². The molecule has 8 fully saturated rings. The van der Waals surface area contributed by atoms with Crippen molar-refractivity contribution in [2.24, 2.45) is 50.7 Å². The van der Waals surface area contributed by atoms with Gasteiger partial charge in [-0.3, -0.25) is 4.90 Å². The van der Waals surface area contributed by atoms with Gasteiger partial charge in [0, 0.05) is 36.6 Å². The Morgan fingerprint density at radius 3 is 2.34 bits per heavy atom.